The summed E-state index contributed by atoms with van der Waals surface area (Å²) in [6, 6.07) is 12.2. The highest BCUT2D eigenvalue weighted by atomic mass is 19.4. The molecule has 0 unspecified atom stereocenters. The first kappa shape index (κ1) is 28.8. The van der Waals surface area contributed by atoms with Gasteiger partial charge in [-0.1, -0.05) is 12.1 Å². The number of nitrogens with zero attached hydrogens (tertiary/aromatic N) is 6. The van der Waals surface area contributed by atoms with Crippen molar-refractivity contribution in [1.29, 1.82) is 0 Å². The van der Waals surface area contributed by atoms with Gasteiger partial charge in [0.1, 0.15) is 6.33 Å². The molecule has 1 fully saturated rings. The van der Waals surface area contributed by atoms with E-state index in [4.69, 9.17) is 9.90 Å². The minimum absolute atomic E-state index is 0.0903. The van der Waals surface area contributed by atoms with Gasteiger partial charge < -0.3 is 15.7 Å². The van der Waals surface area contributed by atoms with Crippen molar-refractivity contribution in [3.8, 4) is 11.4 Å². The molecule has 0 spiro atoms. The van der Waals surface area contributed by atoms with Crippen LogP contribution in [0, 0.1) is 0 Å². The molecule has 0 aliphatic carbocycles. The maximum absolute atomic E-state index is 12.4. The van der Waals surface area contributed by atoms with E-state index >= 15 is 0 Å². The Morgan fingerprint density at radius 3 is 2.42 bits per heavy atom. The molecule has 3 aliphatic heterocycles. The summed E-state index contributed by atoms with van der Waals surface area (Å²) in [5, 5.41) is 13.5. The maximum atomic E-state index is 12.4. The summed E-state index contributed by atoms with van der Waals surface area (Å²) in [5.41, 5.74) is 4.02. The number of rotatable bonds is 0. The fourth-order valence-corrected chi connectivity index (χ4v) is 4.25. The zero-order valence-corrected chi connectivity index (χ0v) is 21.6. The molecular formula is C26H29F3N8O3. The number of anilines is 2. The van der Waals surface area contributed by atoms with Crippen LogP contribution in [0.4, 0.5) is 24.8 Å². The number of piperazine rings is 1. The molecule has 8 bridgehead atoms. The Hall–Kier alpha value is -4.17. The molecule has 3 aliphatic rings. The summed E-state index contributed by atoms with van der Waals surface area (Å²) < 4.78 is 31.7. The number of aryl methyl sites for hydroxylation is 1. The molecule has 14 heteroatoms. The van der Waals surface area contributed by atoms with E-state index in [9.17, 15) is 18.0 Å². The predicted octanol–water partition coefficient (Wildman–Crippen LogP) is 2.49. The number of carboxylic acids is 1. The highest BCUT2D eigenvalue weighted by molar-refractivity contribution is 5.78. The molecule has 1 amide bonds. The molecule has 2 aromatic heterocycles. The van der Waals surface area contributed by atoms with Crippen molar-refractivity contribution in [2.75, 3.05) is 44.6 Å². The lowest BCUT2D eigenvalue weighted by atomic mass is 10.1. The zero-order valence-electron chi connectivity index (χ0n) is 21.6. The minimum atomic E-state index is -5.08. The summed E-state index contributed by atoms with van der Waals surface area (Å²) in [6.45, 7) is 5.66. The molecule has 11 nitrogen and oxygen atoms in total. The van der Waals surface area contributed by atoms with Crippen molar-refractivity contribution < 1.29 is 27.9 Å². The second kappa shape index (κ2) is 13.3. The molecular weight excluding hydrogens is 529 g/mol. The number of aliphatic carboxylic acids is 1. The molecule has 6 rings (SSSR count). The van der Waals surface area contributed by atoms with E-state index in [2.05, 4.69) is 52.5 Å². The Labute approximate surface area is 228 Å². The van der Waals surface area contributed by atoms with Gasteiger partial charge in [-0.3, -0.25) is 19.6 Å². The number of hydrogen-bond donors (Lipinski definition) is 3. The number of fused-ring (bicyclic) bond motifs is 7. The van der Waals surface area contributed by atoms with Crippen molar-refractivity contribution in [1.82, 2.24) is 35.1 Å². The monoisotopic (exact) mass is 558 g/mol. The standard InChI is InChI=1S/C24H28N8O.C2HF3O2/c33-22-16-32-11-9-31(10-12-32)15-18-3-1-4-21(13-18)29-24-28-17-27-23(30-24)19-6-8-25-20(14-19)5-2-7-26-22;3-2(4,5)1(6)7/h1,3-4,6,8,13-14,17H,2,5,7,9-12,15-16H2,(H,26,33)(H,27,28,29,30);(H,6,7). The van der Waals surface area contributed by atoms with Gasteiger partial charge in [0, 0.05) is 62.4 Å². The number of nitrogens with one attached hydrogen (secondary N) is 2. The van der Waals surface area contributed by atoms with E-state index in [1.165, 1.54) is 11.9 Å². The lowest BCUT2D eigenvalue weighted by Gasteiger charge is -2.34. The van der Waals surface area contributed by atoms with E-state index in [1.807, 2.05) is 24.3 Å². The number of benzene rings is 1. The number of carbonyl (C=O) groups excluding carboxylic acids is 1. The lowest BCUT2D eigenvalue weighted by molar-refractivity contribution is -0.192. The van der Waals surface area contributed by atoms with Crippen molar-refractivity contribution in [3.05, 3.63) is 60.2 Å². The first-order valence-electron chi connectivity index (χ1n) is 12.7. The van der Waals surface area contributed by atoms with Crippen molar-refractivity contribution in [2.45, 2.75) is 25.6 Å². The number of amides is 1. The van der Waals surface area contributed by atoms with Gasteiger partial charge in [0.15, 0.2) is 5.82 Å². The first-order chi connectivity index (χ1) is 19.2. The summed E-state index contributed by atoms with van der Waals surface area (Å²) in [6.07, 6.45) is -0.178. The quantitative estimate of drug-likeness (QED) is 0.378. The van der Waals surface area contributed by atoms with Crippen LogP contribution in [0.15, 0.2) is 48.9 Å². The number of carbonyl (C=O) groups is 2. The summed E-state index contributed by atoms with van der Waals surface area (Å²) in [4.78, 5) is 43.7. The van der Waals surface area contributed by atoms with E-state index in [1.54, 1.807) is 6.20 Å². The van der Waals surface area contributed by atoms with Gasteiger partial charge in [0.05, 0.1) is 6.54 Å². The number of pyridine rings is 1. The van der Waals surface area contributed by atoms with Gasteiger partial charge in [-0.2, -0.15) is 18.2 Å². The third-order valence-corrected chi connectivity index (χ3v) is 6.24. The molecule has 5 heterocycles. The molecule has 0 radical (unpaired) electrons. The third-order valence-electron chi connectivity index (χ3n) is 6.24. The highest BCUT2D eigenvalue weighted by Crippen LogP contribution is 2.20. The summed E-state index contributed by atoms with van der Waals surface area (Å²) >= 11 is 0. The summed E-state index contributed by atoms with van der Waals surface area (Å²) in [5.74, 6) is -1.55. The van der Waals surface area contributed by atoms with Crippen molar-refractivity contribution in [2.24, 2.45) is 0 Å². The molecule has 40 heavy (non-hydrogen) atoms. The Bertz CT molecular complexity index is 1320. The second-order valence-corrected chi connectivity index (χ2v) is 9.30. The van der Waals surface area contributed by atoms with Crippen LogP contribution < -0.4 is 10.6 Å². The van der Waals surface area contributed by atoms with Gasteiger partial charge >= 0.3 is 12.1 Å². The number of hydrogen-bond acceptors (Lipinski definition) is 9. The highest BCUT2D eigenvalue weighted by Gasteiger charge is 2.38. The Kier molecular flexibility index (Phi) is 9.56. The number of carboxylic acid groups (broad SMARTS) is 1. The van der Waals surface area contributed by atoms with Crippen molar-refractivity contribution in [3.63, 3.8) is 0 Å². The number of halogens is 3. The molecule has 0 saturated carbocycles. The fraction of sp³-hybridized carbons (Fsp3) is 0.385. The lowest BCUT2D eigenvalue weighted by Crippen LogP contribution is -2.49. The van der Waals surface area contributed by atoms with Crippen LogP contribution >= 0.6 is 0 Å². The molecule has 3 N–H and O–H groups in total. The Balaban J connectivity index is 0.000000470. The second-order valence-electron chi connectivity index (χ2n) is 9.30. The molecule has 3 aromatic rings. The van der Waals surface area contributed by atoms with Gasteiger partial charge in [0.2, 0.25) is 11.9 Å². The van der Waals surface area contributed by atoms with E-state index in [0.717, 1.165) is 62.5 Å². The Morgan fingerprint density at radius 2 is 1.70 bits per heavy atom. The van der Waals surface area contributed by atoms with E-state index in [-0.39, 0.29) is 5.91 Å². The molecule has 212 valence electrons. The fourth-order valence-electron chi connectivity index (χ4n) is 4.25. The maximum Gasteiger partial charge on any atom is 0.490 e. The molecule has 1 saturated heterocycles. The van der Waals surface area contributed by atoms with Gasteiger partial charge in [0.25, 0.3) is 0 Å². The average molecular weight is 559 g/mol. The van der Waals surface area contributed by atoms with Crippen LogP contribution in [0.5, 0.6) is 0 Å². The molecule has 1 aromatic carbocycles. The van der Waals surface area contributed by atoms with E-state index in [0.29, 0.717) is 24.9 Å². The van der Waals surface area contributed by atoms with Gasteiger partial charge in [-0.15, -0.1) is 0 Å². The SMILES string of the molecule is O=C(O)C(F)(F)F.O=C1CN2CCN(CC2)Cc2cccc(c2)Nc2ncnc(n2)-c2ccnc(c2)CCCN1. The topological polar surface area (TPSA) is 136 Å². The first-order valence-corrected chi connectivity index (χ1v) is 12.7. The minimum Gasteiger partial charge on any atom is -0.475 e. The average Bonchev–Trinajstić information content (AvgIpc) is 2.92. The van der Waals surface area contributed by atoms with Crippen molar-refractivity contribution >= 4 is 23.5 Å². The summed E-state index contributed by atoms with van der Waals surface area (Å²) in [7, 11) is 0. The number of alkyl halides is 3. The van der Waals surface area contributed by atoms with Gasteiger partial charge in [-0.05, 0) is 42.7 Å². The van der Waals surface area contributed by atoms with Crippen LogP contribution in [-0.4, -0.2) is 92.2 Å². The van der Waals surface area contributed by atoms with E-state index < -0.39 is 12.1 Å². The zero-order chi connectivity index (χ0) is 28.5. The van der Waals surface area contributed by atoms with Crippen LogP contribution in [0.2, 0.25) is 0 Å². The number of aromatic nitrogens is 4. The van der Waals surface area contributed by atoms with Crippen LogP contribution in [-0.2, 0) is 22.6 Å². The van der Waals surface area contributed by atoms with Gasteiger partial charge in [-0.25, -0.2) is 14.8 Å². The largest absolute Gasteiger partial charge is 0.490 e. The smallest absolute Gasteiger partial charge is 0.475 e. The molecule has 0 atom stereocenters. The normalized spacial score (nSPS) is 19.6. The van der Waals surface area contributed by atoms with Crippen LogP contribution in [0.1, 0.15) is 17.7 Å². The van der Waals surface area contributed by atoms with Crippen LogP contribution in [0.3, 0.4) is 0 Å². The predicted molar refractivity (Wildman–Crippen MR) is 140 cm³/mol. The Morgan fingerprint density at radius 1 is 0.975 bits per heavy atom. The van der Waals surface area contributed by atoms with Crippen LogP contribution in [0.25, 0.3) is 11.4 Å². The third kappa shape index (κ3) is 8.68.